The van der Waals surface area contributed by atoms with Crippen LogP contribution in [-0.2, 0) is 0 Å². The fourth-order valence-electron chi connectivity index (χ4n) is 0.493. The molecule has 70 valence electrons. The maximum absolute atomic E-state index is 5.48. The zero-order valence-electron chi connectivity index (χ0n) is 6.32. The Kier molecular flexibility index (Phi) is 18.4. The third kappa shape index (κ3) is 14.1. The SMILES string of the molecule is Cl.ClCCNCCSCCCl. The molecule has 1 N–H and O–H groups in total. The van der Waals surface area contributed by atoms with Gasteiger partial charge in [0.05, 0.1) is 0 Å². The molecule has 0 rings (SSSR count). The summed E-state index contributed by atoms with van der Waals surface area (Å²) in [6, 6.07) is 0. The molecular weight excluding hydrogens is 224 g/mol. The Balaban J connectivity index is 0. The van der Waals surface area contributed by atoms with Crippen molar-refractivity contribution in [1.29, 1.82) is 0 Å². The Morgan fingerprint density at radius 3 is 2.27 bits per heavy atom. The van der Waals surface area contributed by atoms with Gasteiger partial charge in [-0.15, -0.1) is 35.6 Å². The zero-order valence-corrected chi connectivity index (χ0v) is 9.46. The molecule has 0 saturated carbocycles. The Morgan fingerprint density at radius 1 is 1.00 bits per heavy atom. The molecule has 0 unspecified atom stereocenters. The topological polar surface area (TPSA) is 12.0 Å². The van der Waals surface area contributed by atoms with Gasteiger partial charge in [-0.1, -0.05) is 0 Å². The van der Waals surface area contributed by atoms with Gasteiger partial charge in [-0.3, -0.25) is 0 Å². The molecule has 0 saturated heterocycles. The standard InChI is InChI=1S/C6H13Cl2NS.ClH/c7-1-3-9-4-6-10-5-2-8;/h9H,1-6H2;1H. The zero-order chi connectivity index (χ0) is 7.66. The van der Waals surface area contributed by atoms with Gasteiger partial charge in [0.2, 0.25) is 0 Å². The highest BCUT2D eigenvalue weighted by Crippen LogP contribution is 1.97. The van der Waals surface area contributed by atoms with E-state index in [2.05, 4.69) is 5.32 Å². The van der Waals surface area contributed by atoms with Gasteiger partial charge in [0.25, 0.3) is 0 Å². The monoisotopic (exact) mass is 237 g/mol. The minimum absolute atomic E-state index is 0. The lowest BCUT2D eigenvalue weighted by molar-refractivity contribution is 0.772. The van der Waals surface area contributed by atoms with Crippen molar-refractivity contribution in [3.05, 3.63) is 0 Å². The van der Waals surface area contributed by atoms with Crippen LogP contribution in [0.4, 0.5) is 0 Å². The van der Waals surface area contributed by atoms with Gasteiger partial charge in [-0.05, 0) is 0 Å². The Hall–Kier alpha value is 1.18. The molecule has 0 bridgehead atoms. The molecule has 0 atom stereocenters. The van der Waals surface area contributed by atoms with E-state index in [-0.39, 0.29) is 12.4 Å². The van der Waals surface area contributed by atoms with Crippen LogP contribution in [0.25, 0.3) is 0 Å². The fourth-order valence-corrected chi connectivity index (χ4v) is 1.56. The molecule has 0 aromatic heterocycles. The van der Waals surface area contributed by atoms with Gasteiger partial charge in [0.15, 0.2) is 0 Å². The molecule has 0 spiro atoms. The summed E-state index contributed by atoms with van der Waals surface area (Å²) in [7, 11) is 0. The molecule has 0 aliphatic rings. The normalized spacial score (nSPS) is 9.27. The number of rotatable bonds is 7. The van der Waals surface area contributed by atoms with Crippen molar-refractivity contribution in [2.75, 3.05) is 36.4 Å². The van der Waals surface area contributed by atoms with Gasteiger partial charge >= 0.3 is 0 Å². The molecular formula is C6H14Cl3NS. The van der Waals surface area contributed by atoms with Gasteiger partial charge in [0, 0.05) is 36.4 Å². The molecule has 0 aliphatic heterocycles. The van der Waals surface area contributed by atoms with Crippen molar-refractivity contribution in [2.24, 2.45) is 0 Å². The Labute approximate surface area is 89.0 Å². The minimum Gasteiger partial charge on any atom is -0.315 e. The first-order chi connectivity index (χ1) is 4.91. The summed E-state index contributed by atoms with van der Waals surface area (Å²) in [5.74, 6) is 3.62. The van der Waals surface area contributed by atoms with E-state index in [0.717, 1.165) is 30.5 Å². The Morgan fingerprint density at radius 2 is 1.73 bits per heavy atom. The first-order valence-electron chi connectivity index (χ1n) is 3.32. The van der Waals surface area contributed by atoms with Crippen molar-refractivity contribution in [1.82, 2.24) is 5.32 Å². The Bertz CT molecular complexity index is 57.8. The molecule has 0 aromatic rings. The summed E-state index contributed by atoms with van der Waals surface area (Å²) < 4.78 is 0. The number of nitrogens with one attached hydrogen (secondary N) is 1. The van der Waals surface area contributed by atoms with Crippen LogP contribution in [0.15, 0.2) is 0 Å². The molecule has 0 aromatic carbocycles. The van der Waals surface area contributed by atoms with E-state index in [0.29, 0.717) is 5.88 Å². The number of hydrogen-bond acceptors (Lipinski definition) is 2. The lowest BCUT2D eigenvalue weighted by Gasteiger charge is -1.99. The molecule has 0 fully saturated rings. The van der Waals surface area contributed by atoms with E-state index >= 15 is 0 Å². The van der Waals surface area contributed by atoms with Crippen LogP contribution in [0.5, 0.6) is 0 Å². The van der Waals surface area contributed by atoms with Crippen LogP contribution < -0.4 is 5.32 Å². The predicted octanol–water partition coefficient (Wildman–Crippen LogP) is 2.21. The molecule has 0 heterocycles. The summed E-state index contributed by atoms with van der Waals surface area (Å²) in [5.41, 5.74) is 0. The van der Waals surface area contributed by atoms with E-state index in [1.807, 2.05) is 11.8 Å². The quantitative estimate of drug-likeness (QED) is 0.539. The lowest BCUT2D eigenvalue weighted by atomic mass is 10.7. The highest BCUT2D eigenvalue weighted by molar-refractivity contribution is 7.99. The van der Waals surface area contributed by atoms with Crippen LogP contribution in [-0.4, -0.2) is 36.4 Å². The van der Waals surface area contributed by atoms with Crippen LogP contribution in [0.2, 0.25) is 0 Å². The van der Waals surface area contributed by atoms with Crippen LogP contribution in [0.3, 0.4) is 0 Å². The number of hydrogen-bond donors (Lipinski definition) is 1. The summed E-state index contributed by atoms with van der Waals surface area (Å²) in [6.45, 7) is 1.94. The summed E-state index contributed by atoms with van der Waals surface area (Å²) in [4.78, 5) is 0. The van der Waals surface area contributed by atoms with E-state index in [1.54, 1.807) is 0 Å². The first-order valence-corrected chi connectivity index (χ1v) is 5.54. The van der Waals surface area contributed by atoms with E-state index in [1.165, 1.54) is 0 Å². The van der Waals surface area contributed by atoms with Gasteiger partial charge in [-0.25, -0.2) is 0 Å². The first kappa shape index (κ1) is 14.7. The fraction of sp³-hybridized carbons (Fsp3) is 1.00. The number of alkyl halides is 2. The van der Waals surface area contributed by atoms with E-state index in [4.69, 9.17) is 23.2 Å². The maximum Gasteiger partial charge on any atom is 0.0348 e. The predicted molar refractivity (Wildman–Crippen MR) is 58.9 cm³/mol. The molecule has 0 radical (unpaired) electrons. The molecule has 11 heavy (non-hydrogen) atoms. The highest BCUT2D eigenvalue weighted by Gasteiger charge is 1.86. The summed E-state index contributed by atoms with van der Waals surface area (Å²) in [5, 5.41) is 3.20. The summed E-state index contributed by atoms with van der Waals surface area (Å²) >= 11 is 12.8. The molecule has 5 heteroatoms. The van der Waals surface area contributed by atoms with Crippen molar-refractivity contribution in [3.8, 4) is 0 Å². The van der Waals surface area contributed by atoms with E-state index in [9.17, 15) is 0 Å². The highest BCUT2D eigenvalue weighted by atomic mass is 35.5. The summed E-state index contributed by atoms with van der Waals surface area (Å²) in [6.07, 6.45) is 0. The molecule has 0 amide bonds. The largest absolute Gasteiger partial charge is 0.315 e. The van der Waals surface area contributed by atoms with Gasteiger partial charge in [-0.2, -0.15) is 11.8 Å². The third-order valence-electron chi connectivity index (χ3n) is 0.916. The van der Waals surface area contributed by atoms with Crippen molar-refractivity contribution in [3.63, 3.8) is 0 Å². The average molecular weight is 239 g/mol. The second kappa shape index (κ2) is 13.7. The average Bonchev–Trinajstić information content (AvgIpc) is 1.97. The van der Waals surface area contributed by atoms with Crippen molar-refractivity contribution >= 4 is 47.4 Å². The number of halogens is 3. The smallest absolute Gasteiger partial charge is 0.0348 e. The lowest BCUT2D eigenvalue weighted by Crippen LogP contribution is -2.19. The van der Waals surface area contributed by atoms with Gasteiger partial charge < -0.3 is 5.32 Å². The van der Waals surface area contributed by atoms with Crippen LogP contribution in [0, 0.1) is 0 Å². The maximum atomic E-state index is 5.48. The van der Waals surface area contributed by atoms with Crippen molar-refractivity contribution in [2.45, 2.75) is 0 Å². The molecule has 1 nitrogen and oxygen atoms in total. The van der Waals surface area contributed by atoms with Gasteiger partial charge in [0.1, 0.15) is 0 Å². The van der Waals surface area contributed by atoms with Crippen LogP contribution >= 0.6 is 47.4 Å². The molecule has 0 aliphatic carbocycles. The number of thioether (sulfide) groups is 1. The third-order valence-corrected chi connectivity index (χ3v) is 2.50. The van der Waals surface area contributed by atoms with Crippen molar-refractivity contribution < 1.29 is 0 Å². The second-order valence-electron chi connectivity index (χ2n) is 1.74. The second-order valence-corrected chi connectivity index (χ2v) is 3.72. The van der Waals surface area contributed by atoms with Crippen LogP contribution in [0.1, 0.15) is 0 Å². The minimum atomic E-state index is 0. The van der Waals surface area contributed by atoms with E-state index < -0.39 is 0 Å².